The molecule has 1 atom stereocenters. The smallest absolute Gasteiger partial charge is 0.319 e. The minimum atomic E-state index is -1.27. The topological polar surface area (TPSA) is 81.3 Å². The second kappa shape index (κ2) is 7.79. The van der Waals surface area contributed by atoms with Gasteiger partial charge in [-0.3, -0.25) is 0 Å². The molecule has 0 fully saturated rings. The highest BCUT2D eigenvalue weighted by atomic mass is 32.2. The van der Waals surface area contributed by atoms with Crippen molar-refractivity contribution in [2.24, 2.45) is 0 Å². The van der Waals surface area contributed by atoms with Gasteiger partial charge in [-0.15, -0.1) is 0 Å². The monoisotopic (exact) mass is 295 g/mol. The fourth-order valence-electron chi connectivity index (χ4n) is 1.63. The van der Waals surface area contributed by atoms with Gasteiger partial charge >= 0.3 is 6.03 Å². The van der Waals surface area contributed by atoms with E-state index in [1.54, 1.807) is 6.07 Å². The van der Waals surface area contributed by atoms with Crippen molar-refractivity contribution in [2.75, 3.05) is 17.3 Å². The van der Waals surface area contributed by atoms with Crippen molar-refractivity contribution in [3.8, 4) is 0 Å². The maximum atomic E-state index is 11.8. The fraction of sp³-hybridized carbons (Fsp3) is 0.429. The highest BCUT2D eigenvalue weighted by Gasteiger charge is 2.13. The number of carboxylic acids is 1. The number of hydrogen-bond acceptors (Lipinski definition) is 4. The van der Waals surface area contributed by atoms with Gasteiger partial charge in [0.25, 0.3) is 0 Å². The highest BCUT2D eigenvalue weighted by molar-refractivity contribution is 7.98. The summed E-state index contributed by atoms with van der Waals surface area (Å²) in [6.45, 7) is 3.93. The van der Waals surface area contributed by atoms with Crippen LogP contribution in [0.3, 0.4) is 0 Å². The average Bonchev–Trinajstić information content (AvgIpc) is 2.38. The number of carboxylic acid groups (broad SMARTS) is 1. The SMILES string of the molecule is CSCC[C@H](NC(=O)Nc1ccc(C)c(C)c1)C(=O)[O-]. The summed E-state index contributed by atoms with van der Waals surface area (Å²) in [7, 11) is 0. The van der Waals surface area contributed by atoms with E-state index in [1.165, 1.54) is 11.8 Å². The predicted molar refractivity (Wildman–Crippen MR) is 79.9 cm³/mol. The first-order chi connectivity index (χ1) is 9.43. The van der Waals surface area contributed by atoms with Gasteiger partial charge in [-0.2, -0.15) is 11.8 Å². The van der Waals surface area contributed by atoms with Crippen LogP contribution in [0.25, 0.3) is 0 Å². The molecule has 1 aromatic carbocycles. The van der Waals surface area contributed by atoms with Crippen molar-refractivity contribution in [1.29, 1.82) is 0 Å². The van der Waals surface area contributed by atoms with Crippen LogP contribution >= 0.6 is 11.8 Å². The number of carbonyl (C=O) groups excluding carboxylic acids is 2. The Balaban J connectivity index is 2.60. The van der Waals surface area contributed by atoms with Crippen molar-refractivity contribution in [3.05, 3.63) is 29.3 Å². The minimum absolute atomic E-state index is 0.337. The van der Waals surface area contributed by atoms with Crippen molar-refractivity contribution in [1.82, 2.24) is 5.32 Å². The number of rotatable bonds is 6. The summed E-state index contributed by atoms with van der Waals surface area (Å²) in [6.07, 6.45) is 2.21. The number of anilines is 1. The van der Waals surface area contributed by atoms with E-state index in [9.17, 15) is 14.7 Å². The number of urea groups is 1. The maximum absolute atomic E-state index is 11.8. The van der Waals surface area contributed by atoms with Gasteiger partial charge in [-0.05, 0) is 55.5 Å². The minimum Gasteiger partial charge on any atom is -0.548 e. The van der Waals surface area contributed by atoms with Gasteiger partial charge in [0.1, 0.15) is 0 Å². The van der Waals surface area contributed by atoms with Crippen LogP contribution < -0.4 is 15.7 Å². The Hall–Kier alpha value is -1.69. The lowest BCUT2D eigenvalue weighted by atomic mass is 10.1. The zero-order chi connectivity index (χ0) is 15.1. The van der Waals surface area contributed by atoms with Gasteiger partial charge in [-0.25, -0.2) is 4.79 Å². The van der Waals surface area contributed by atoms with E-state index < -0.39 is 18.0 Å². The third-order valence-corrected chi connectivity index (χ3v) is 3.61. The van der Waals surface area contributed by atoms with E-state index in [2.05, 4.69) is 10.6 Å². The van der Waals surface area contributed by atoms with Gasteiger partial charge in [0.05, 0.1) is 12.0 Å². The molecule has 0 unspecified atom stereocenters. The number of aryl methyl sites for hydroxylation is 2. The summed E-state index contributed by atoms with van der Waals surface area (Å²) >= 11 is 1.52. The molecule has 0 spiro atoms. The summed E-state index contributed by atoms with van der Waals surface area (Å²) < 4.78 is 0. The Morgan fingerprint density at radius 2 is 2.00 bits per heavy atom. The second-order valence-corrected chi connectivity index (χ2v) is 5.54. The van der Waals surface area contributed by atoms with Gasteiger partial charge in [0.2, 0.25) is 0 Å². The van der Waals surface area contributed by atoms with Crippen molar-refractivity contribution in [3.63, 3.8) is 0 Å². The molecule has 110 valence electrons. The Labute approximate surface area is 123 Å². The molecule has 2 N–H and O–H groups in total. The molecule has 0 saturated heterocycles. The van der Waals surface area contributed by atoms with Crippen LogP contribution in [0.5, 0.6) is 0 Å². The van der Waals surface area contributed by atoms with Crippen LogP contribution in [-0.2, 0) is 4.79 Å². The lowest BCUT2D eigenvalue weighted by Crippen LogP contribution is -2.49. The summed E-state index contributed by atoms with van der Waals surface area (Å²) in [5.74, 6) is -0.628. The molecule has 0 radical (unpaired) electrons. The lowest BCUT2D eigenvalue weighted by Gasteiger charge is -2.19. The number of amides is 2. The van der Waals surface area contributed by atoms with Gasteiger partial charge < -0.3 is 20.5 Å². The van der Waals surface area contributed by atoms with Crippen LogP contribution in [0.4, 0.5) is 10.5 Å². The van der Waals surface area contributed by atoms with Crippen molar-refractivity contribution in [2.45, 2.75) is 26.3 Å². The van der Waals surface area contributed by atoms with E-state index in [0.29, 0.717) is 17.9 Å². The molecular weight excluding hydrogens is 276 g/mol. The largest absolute Gasteiger partial charge is 0.548 e. The Morgan fingerprint density at radius 1 is 1.30 bits per heavy atom. The quantitative estimate of drug-likeness (QED) is 0.829. The molecule has 0 saturated carbocycles. The molecule has 5 nitrogen and oxygen atoms in total. The fourth-order valence-corrected chi connectivity index (χ4v) is 2.10. The van der Waals surface area contributed by atoms with Crippen LogP contribution in [0, 0.1) is 13.8 Å². The van der Waals surface area contributed by atoms with Crippen LogP contribution in [0.15, 0.2) is 18.2 Å². The van der Waals surface area contributed by atoms with Gasteiger partial charge in [0.15, 0.2) is 0 Å². The molecule has 6 heteroatoms. The molecule has 20 heavy (non-hydrogen) atoms. The molecular formula is C14H19N2O3S-. The number of thioether (sulfide) groups is 1. The van der Waals surface area contributed by atoms with Crippen molar-refractivity contribution < 1.29 is 14.7 Å². The molecule has 1 rings (SSSR count). The molecule has 0 aliphatic carbocycles. The van der Waals surface area contributed by atoms with Gasteiger partial charge in [0, 0.05) is 5.69 Å². The van der Waals surface area contributed by atoms with E-state index >= 15 is 0 Å². The van der Waals surface area contributed by atoms with Crippen LogP contribution in [-0.4, -0.2) is 30.1 Å². The normalized spacial score (nSPS) is 11.8. The standard InChI is InChI=1S/C14H20N2O3S/c1-9-4-5-11(8-10(9)2)15-14(19)16-12(13(17)18)6-7-20-3/h4-5,8,12H,6-7H2,1-3H3,(H,17,18)(H2,15,16,19)/p-1/t12-/m0/s1. The molecule has 0 aliphatic rings. The maximum Gasteiger partial charge on any atom is 0.319 e. The lowest BCUT2D eigenvalue weighted by molar-refractivity contribution is -0.308. The number of carbonyl (C=O) groups is 2. The zero-order valence-corrected chi connectivity index (χ0v) is 12.7. The van der Waals surface area contributed by atoms with Gasteiger partial charge in [-0.1, -0.05) is 6.07 Å². The van der Waals surface area contributed by atoms with Crippen LogP contribution in [0.1, 0.15) is 17.5 Å². The van der Waals surface area contributed by atoms with Crippen molar-refractivity contribution >= 4 is 29.4 Å². The first-order valence-corrected chi connectivity index (χ1v) is 7.68. The number of aliphatic carboxylic acids is 1. The summed E-state index contributed by atoms with van der Waals surface area (Å²) in [5.41, 5.74) is 2.82. The first kappa shape index (κ1) is 16.4. The zero-order valence-electron chi connectivity index (χ0n) is 11.9. The molecule has 0 bridgehead atoms. The predicted octanol–water partition coefficient (Wildman–Crippen LogP) is 1.30. The number of nitrogens with one attached hydrogen (secondary N) is 2. The summed E-state index contributed by atoms with van der Waals surface area (Å²) in [5, 5.41) is 16.0. The molecule has 1 aromatic rings. The second-order valence-electron chi connectivity index (χ2n) is 4.55. The Kier molecular flexibility index (Phi) is 6.38. The highest BCUT2D eigenvalue weighted by Crippen LogP contribution is 2.14. The number of hydrogen-bond donors (Lipinski definition) is 2. The third-order valence-electron chi connectivity index (χ3n) is 2.97. The van der Waals surface area contributed by atoms with E-state index in [0.717, 1.165) is 11.1 Å². The third kappa shape index (κ3) is 5.13. The van der Waals surface area contributed by atoms with E-state index in [1.807, 2.05) is 32.2 Å². The van der Waals surface area contributed by atoms with E-state index in [4.69, 9.17) is 0 Å². The number of benzene rings is 1. The molecule has 0 heterocycles. The summed E-state index contributed by atoms with van der Waals surface area (Å²) in [4.78, 5) is 22.7. The average molecular weight is 295 g/mol. The molecule has 0 aromatic heterocycles. The summed E-state index contributed by atoms with van der Waals surface area (Å²) in [6, 6.07) is 4.00. The Morgan fingerprint density at radius 3 is 2.55 bits per heavy atom. The van der Waals surface area contributed by atoms with Crippen LogP contribution in [0.2, 0.25) is 0 Å². The van der Waals surface area contributed by atoms with E-state index in [-0.39, 0.29) is 0 Å². The molecule has 2 amide bonds. The first-order valence-electron chi connectivity index (χ1n) is 6.28. The molecule has 0 aliphatic heterocycles. The Bertz CT molecular complexity index is 491.